The highest BCUT2D eigenvalue weighted by Gasteiger charge is 2.16. The number of nitrogens with one attached hydrogen (secondary N) is 1. The highest BCUT2D eigenvalue weighted by molar-refractivity contribution is 7.89. The zero-order valence-corrected chi connectivity index (χ0v) is 10.2. The average molecular weight is 260 g/mol. The minimum Gasteiger partial charge on any atom is -0.447 e. The lowest BCUT2D eigenvalue weighted by Crippen LogP contribution is -2.21. The average Bonchev–Trinajstić information content (AvgIpc) is 2.86. The molecule has 1 aromatic rings. The van der Waals surface area contributed by atoms with Crippen molar-refractivity contribution >= 4 is 10.0 Å². The fraction of sp³-hybridized carbons (Fsp3) is 0.600. The molecule has 0 radical (unpaired) electrons. The summed E-state index contributed by atoms with van der Waals surface area (Å²) in [6, 6.07) is 2.90. The molecule has 0 spiro atoms. The van der Waals surface area contributed by atoms with Gasteiger partial charge in [-0.15, -0.1) is 0 Å². The summed E-state index contributed by atoms with van der Waals surface area (Å²) in [5, 5.41) is 4.70. The Morgan fingerprint density at radius 3 is 2.71 bits per heavy atom. The van der Waals surface area contributed by atoms with Gasteiger partial charge in [-0.3, -0.25) is 4.84 Å². The topological polar surface area (TPSA) is 94.6 Å². The number of hydrogen-bond acceptors (Lipinski definition) is 5. The van der Waals surface area contributed by atoms with Crippen molar-refractivity contribution < 1.29 is 17.7 Å². The molecule has 0 amide bonds. The van der Waals surface area contributed by atoms with Gasteiger partial charge in [-0.1, -0.05) is 12.8 Å². The molecule has 1 aromatic heterocycles. The number of primary sulfonamides is 1. The molecule has 0 aromatic carbocycles. The van der Waals surface area contributed by atoms with Crippen LogP contribution in [-0.4, -0.2) is 14.5 Å². The third-order valence-corrected chi connectivity index (χ3v) is 3.50. The number of furan rings is 1. The summed E-state index contributed by atoms with van der Waals surface area (Å²) in [6.45, 7) is 0.325. The Balaban J connectivity index is 1.81. The summed E-state index contributed by atoms with van der Waals surface area (Å²) in [5.74, 6) is 0.479. The molecular formula is C10H16N2O4S. The Kier molecular flexibility index (Phi) is 3.82. The molecule has 17 heavy (non-hydrogen) atoms. The molecular weight excluding hydrogens is 244 g/mol. The first-order valence-corrected chi connectivity index (χ1v) is 7.10. The van der Waals surface area contributed by atoms with E-state index >= 15 is 0 Å². The monoisotopic (exact) mass is 260 g/mol. The molecule has 1 aliphatic rings. The van der Waals surface area contributed by atoms with Crippen LogP contribution in [0.25, 0.3) is 0 Å². The molecule has 0 saturated heterocycles. The van der Waals surface area contributed by atoms with Gasteiger partial charge in [0.2, 0.25) is 5.09 Å². The van der Waals surface area contributed by atoms with Crippen molar-refractivity contribution in [2.75, 3.05) is 0 Å². The molecule has 6 nitrogen and oxygen atoms in total. The lowest BCUT2D eigenvalue weighted by atomic mass is 10.3. The van der Waals surface area contributed by atoms with E-state index in [-0.39, 0.29) is 11.2 Å². The lowest BCUT2D eigenvalue weighted by Gasteiger charge is -2.10. The quantitative estimate of drug-likeness (QED) is 0.767. The first-order chi connectivity index (χ1) is 8.05. The molecule has 96 valence electrons. The maximum atomic E-state index is 11.0. The van der Waals surface area contributed by atoms with Gasteiger partial charge in [-0.2, -0.15) is 5.48 Å². The molecule has 1 fully saturated rings. The molecule has 0 bridgehead atoms. The summed E-state index contributed by atoms with van der Waals surface area (Å²) in [7, 11) is -3.76. The Morgan fingerprint density at radius 2 is 2.12 bits per heavy atom. The summed E-state index contributed by atoms with van der Waals surface area (Å²) >= 11 is 0. The lowest BCUT2D eigenvalue weighted by molar-refractivity contribution is -0.0271. The van der Waals surface area contributed by atoms with Crippen LogP contribution in [0.2, 0.25) is 0 Å². The molecule has 1 heterocycles. The van der Waals surface area contributed by atoms with Crippen molar-refractivity contribution in [2.45, 2.75) is 43.4 Å². The molecule has 1 aliphatic carbocycles. The normalized spacial score (nSPS) is 17.7. The van der Waals surface area contributed by atoms with Crippen molar-refractivity contribution in [1.82, 2.24) is 5.48 Å². The van der Waals surface area contributed by atoms with Gasteiger partial charge in [0.15, 0.2) is 0 Å². The van der Waals surface area contributed by atoms with Gasteiger partial charge in [0, 0.05) is 0 Å². The fourth-order valence-electron chi connectivity index (χ4n) is 1.84. The van der Waals surface area contributed by atoms with Gasteiger partial charge < -0.3 is 4.42 Å². The van der Waals surface area contributed by atoms with Crippen LogP contribution in [0.1, 0.15) is 31.4 Å². The molecule has 3 N–H and O–H groups in total. The van der Waals surface area contributed by atoms with Crippen LogP contribution in [-0.2, 0) is 21.4 Å². The van der Waals surface area contributed by atoms with E-state index in [2.05, 4.69) is 5.48 Å². The Hall–Kier alpha value is -0.890. The van der Waals surface area contributed by atoms with E-state index in [1.54, 1.807) is 6.07 Å². The van der Waals surface area contributed by atoms with Crippen molar-refractivity contribution in [3.05, 3.63) is 17.9 Å². The number of sulfonamides is 1. The Morgan fingerprint density at radius 1 is 1.41 bits per heavy atom. The van der Waals surface area contributed by atoms with Crippen LogP contribution in [0.3, 0.4) is 0 Å². The van der Waals surface area contributed by atoms with Crippen LogP contribution in [0.15, 0.2) is 21.6 Å². The van der Waals surface area contributed by atoms with Gasteiger partial charge in [0.25, 0.3) is 10.0 Å². The fourth-order valence-corrected chi connectivity index (χ4v) is 2.32. The maximum absolute atomic E-state index is 11.0. The van der Waals surface area contributed by atoms with E-state index in [4.69, 9.17) is 14.4 Å². The molecule has 0 aliphatic heterocycles. The number of rotatable bonds is 5. The Bertz CT molecular complexity index is 462. The van der Waals surface area contributed by atoms with Crippen LogP contribution in [0.4, 0.5) is 0 Å². The van der Waals surface area contributed by atoms with Crippen LogP contribution in [0.5, 0.6) is 0 Å². The van der Waals surface area contributed by atoms with E-state index in [1.807, 2.05) is 0 Å². The van der Waals surface area contributed by atoms with Gasteiger partial charge in [-0.25, -0.2) is 13.6 Å². The second kappa shape index (κ2) is 5.18. The number of hydrogen-bond donors (Lipinski definition) is 2. The first kappa shape index (κ1) is 12.6. The largest absolute Gasteiger partial charge is 0.447 e. The predicted octanol–water partition coefficient (Wildman–Crippen LogP) is 0.891. The van der Waals surface area contributed by atoms with Crippen molar-refractivity contribution in [3.8, 4) is 0 Å². The zero-order chi connectivity index (χ0) is 12.3. The van der Waals surface area contributed by atoms with E-state index in [0.717, 1.165) is 12.8 Å². The summed E-state index contributed by atoms with van der Waals surface area (Å²) < 4.78 is 27.0. The van der Waals surface area contributed by atoms with E-state index < -0.39 is 10.0 Å². The maximum Gasteiger partial charge on any atom is 0.271 e. The van der Waals surface area contributed by atoms with E-state index in [9.17, 15) is 8.42 Å². The number of nitrogens with two attached hydrogens (primary N) is 1. The molecule has 1 saturated carbocycles. The van der Waals surface area contributed by atoms with Crippen molar-refractivity contribution in [3.63, 3.8) is 0 Å². The van der Waals surface area contributed by atoms with Crippen LogP contribution >= 0.6 is 0 Å². The molecule has 7 heteroatoms. The highest BCUT2D eigenvalue weighted by Crippen LogP contribution is 2.20. The van der Waals surface area contributed by atoms with Crippen molar-refractivity contribution in [2.24, 2.45) is 5.14 Å². The summed E-state index contributed by atoms with van der Waals surface area (Å²) in [5.41, 5.74) is 2.78. The SMILES string of the molecule is NS(=O)(=O)c1ccc(CNOC2CCCC2)o1. The second-order valence-corrected chi connectivity index (χ2v) is 5.60. The minimum atomic E-state index is -3.76. The van der Waals surface area contributed by atoms with Gasteiger partial charge in [0.1, 0.15) is 5.76 Å². The summed E-state index contributed by atoms with van der Waals surface area (Å²) in [6.07, 6.45) is 4.77. The minimum absolute atomic E-state index is 0.227. The van der Waals surface area contributed by atoms with Crippen LogP contribution in [0, 0.1) is 0 Å². The summed E-state index contributed by atoms with van der Waals surface area (Å²) in [4.78, 5) is 5.41. The molecule has 0 unspecified atom stereocenters. The standard InChI is InChI=1S/C10H16N2O4S/c11-17(13,14)10-6-5-9(15-10)7-12-16-8-3-1-2-4-8/h5-6,8,12H,1-4,7H2,(H2,11,13,14). The van der Waals surface area contributed by atoms with Gasteiger partial charge in [0.05, 0.1) is 12.6 Å². The third kappa shape index (κ3) is 3.53. The molecule has 2 rings (SSSR count). The van der Waals surface area contributed by atoms with Crippen molar-refractivity contribution in [1.29, 1.82) is 0 Å². The van der Waals surface area contributed by atoms with E-state index in [0.29, 0.717) is 12.3 Å². The second-order valence-electron chi connectivity index (χ2n) is 4.11. The predicted molar refractivity (Wildman–Crippen MR) is 60.3 cm³/mol. The first-order valence-electron chi connectivity index (χ1n) is 5.56. The molecule has 0 atom stereocenters. The van der Waals surface area contributed by atoms with E-state index in [1.165, 1.54) is 18.9 Å². The van der Waals surface area contributed by atoms with Crippen LogP contribution < -0.4 is 10.6 Å². The van der Waals surface area contributed by atoms with Gasteiger partial charge in [-0.05, 0) is 25.0 Å². The smallest absolute Gasteiger partial charge is 0.271 e. The van der Waals surface area contributed by atoms with Gasteiger partial charge >= 0.3 is 0 Å². The highest BCUT2D eigenvalue weighted by atomic mass is 32.2. The number of hydroxylamine groups is 1. The zero-order valence-electron chi connectivity index (χ0n) is 9.39. The Labute approximate surface area is 100 Å². The third-order valence-electron chi connectivity index (χ3n) is 2.72.